The molecule has 1 aliphatic carbocycles. The Balaban J connectivity index is 2.00. The highest BCUT2D eigenvalue weighted by atomic mass is 16.2. The van der Waals surface area contributed by atoms with E-state index in [9.17, 15) is 4.79 Å². The third-order valence-electron chi connectivity index (χ3n) is 4.03. The number of likely N-dealkylation sites (tertiary alicyclic amines) is 1. The molecule has 1 atom stereocenters. The van der Waals surface area contributed by atoms with E-state index in [-0.39, 0.29) is 5.41 Å². The quantitative estimate of drug-likeness (QED) is 0.745. The molecule has 2 N–H and O–H groups in total. The van der Waals surface area contributed by atoms with E-state index in [1.807, 2.05) is 4.90 Å². The van der Waals surface area contributed by atoms with Gasteiger partial charge in [0.2, 0.25) is 5.91 Å². The fraction of sp³-hybridized carbons (Fsp3) is 0.917. The second-order valence-corrected chi connectivity index (χ2v) is 5.64. The molecule has 86 valence electrons. The van der Waals surface area contributed by atoms with Crippen molar-refractivity contribution in [3.63, 3.8) is 0 Å². The van der Waals surface area contributed by atoms with Crippen LogP contribution in [0.15, 0.2) is 0 Å². The van der Waals surface area contributed by atoms with Crippen molar-refractivity contribution in [2.45, 2.75) is 33.1 Å². The minimum atomic E-state index is -0.191. The van der Waals surface area contributed by atoms with E-state index in [4.69, 9.17) is 5.73 Å². The molecule has 2 aliphatic rings. The fourth-order valence-electron chi connectivity index (χ4n) is 3.16. The average molecular weight is 210 g/mol. The number of nitrogens with zero attached hydrogens (tertiary/aromatic N) is 1. The van der Waals surface area contributed by atoms with Crippen LogP contribution in [-0.4, -0.2) is 30.4 Å². The van der Waals surface area contributed by atoms with Gasteiger partial charge >= 0.3 is 0 Å². The number of amides is 1. The maximum atomic E-state index is 12.3. The molecule has 15 heavy (non-hydrogen) atoms. The molecule has 1 amide bonds. The van der Waals surface area contributed by atoms with Crippen LogP contribution in [0.5, 0.6) is 0 Å². The Morgan fingerprint density at radius 1 is 1.40 bits per heavy atom. The fourth-order valence-corrected chi connectivity index (χ4v) is 3.16. The lowest BCUT2D eigenvalue weighted by Gasteiger charge is -2.46. The monoisotopic (exact) mass is 210 g/mol. The average Bonchev–Trinajstić information content (AvgIpc) is 2.58. The van der Waals surface area contributed by atoms with Gasteiger partial charge in [-0.3, -0.25) is 4.79 Å². The zero-order valence-electron chi connectivity index (χ0n) is 9.83. The highest BCUT2D eigenvalue weighted by Gasteiger charge is 2.49. The van der Waals surface area contributed by atoms with Gasteiger partial charge in [-0.15, -0.1) is 0 Å². The first kappa shape index (κ1) is 10.9. The topological polar surface area (TPSA) is 46.3 Å². The molecule has 1 unspecified atom stereocenters. The summed E-state index contributed by atoms with van der Waals surface area (Å²) < 4.78 is 0. The number of rotatable bonds is 2. The molecule has 0 aromatic rings. The van der Waals surface area contributed by atoms with Crippen molar-refractivity contribution in [2.24, 2.45) is 23.0 Å². The van der Waals surface area contributed by atoms with Gasteiger partial charge in [0.1, 0.15) is 0 Å². The van der Waals surface area contributed by atoms with E-state index < -0.39 is 0 Å². The third-order valence-corrected chi connectivity index (χ3v) is 4.03. The van der Waals surface area contributed by atoms with Crippen LogP contribution in [-0.2, 0) is 4.79 Å². The van der Waals surface area contributed by atoms with Gasteiger partial charge < -0.3 is 10.6 Å². The van der Waals surface area contributed by atoms with Gasteiger partial charge in [-0.05, 0) is 31.1 Å². The lowest BCUT2D eigenvalue weighted by Crippen LogP contribution is -2.54. The second-order valence-electron chi connectivity index (χ2n) is 5.64. The zero-order chi connectivity index (χ0) is 11.1. The maximum Gasteiger partial charge on any atom is 0.230 e. The van der Waals surface area contributed by atoms with Crippen LogP contribution in [0.4, 0.5) is 0 Å². The summed E-state index contributed by atoms with van der Waals surface area (Å²) in [4.78, 5) is 14.3. The van der Waals surface area contributed by atoms with E-state index in [0.717, 1.165) is 32.4 Å². The van der Waals surface area contributed by atoms with E-state index in [0.29, 0.717) is 24.3 Å². The third kappa shape index (κ3) is 1.78. The van der Waals surface area contributed by atoms with E-state index >= 15 is 0 Å². The Labute approximate surface area is 92.0 Å². The summed E-state index contributed by atoms with van der Waals surface area (Å²) in [6.45, 7) is 6.83. The lowest BCUT2D eigenvalue weighted by atomic mass is 9.62. The molecule has 2 rings (SSSR count). The van der Waals surface area contributed by atoms with Crippen LogP contribution >= 0.6 is 0 Å². The summed E-state index contributed by atoms with van der Waals surface area (Å²) in [7, 11) is 0. The van der Waals surface area contributed by atoms with Gasteiger partial charge in [-0.2, -0.15) is 0 Å². The van der Waals surface area contributed by atoms with Crippen LogP contribution in [0.1, 0.15) is 33.1 Å². The minimum absolute atomic E-state index is 0.191. The first-order valence-corrected chi connectivity index (χ1v) is 6.07. The molecule has 0 spiro atoms. The molecule has 0 radical (unpaired) electrons. The van der Waals surface area contributed by atoms with E-state index in [1.54, 1.807) is 0 Å². The Morgan fingerprint density at radius 3 is 2.47 bits per heavy atom. The first-order valence-electron chi connectivity index (χ1n) is 6.07. The number of carbonyl (C=O) groups excluding carboxylic acids is 1. The summed E-state index contributed by atoms with van der Waals surface area (Å²) in [6.07, 6.45) is 3.14. The number of hydrogen-bond acceptors (Lipinski definition) is 2. The Bertz CT molecular complexity index is 258. The molecule has 1 saturated heterocycles. The van der Waals surface area contributed by atoms with Gasteiger partial charge in [0.15, 0.2) is 0 Å². The normalized spacial score (nSPS) is 40.3. The predicted molar refractivity (Wildman–Crippen MR) is 60.2 cm³/mol. The summed E-state index contributed by atoms with van der Waals surface area (Å²) >= 11 is 0. The van der Waals surface area contributed by atoms with Crippen molar-refractivity contribution >= 4 is 5.91 Å². The van der Waals surface area contributed by atoms with E-state index in [1.165, 1.54) is 0 Å². The summed E-state index contributed by atoms with van der Waals surface area (Å²) in [5.41, 5.74) is 5.60. The van der Waals surface area contributed by atoms with Crippen LogP contribution in [0.3, 0.4) is 0 Å². The molecular formula is C12H22N2O. The Hall–Kier alpha value is -0.570. The molecule has 2 fully saturated rings. The van der Waals surface area contributed by atoms with Crippen LogP contribution in [0, 0.1) is 17.3 Å². The first-order chi connectivity index (χ1) is 7.07. The van der Waals surface area contributed by atoms with Crippen molar-refractivity contribution in [1.82, 2.24) is 4.90 Å². The maximum absolute atomic E-state index is 12.3. The standard InChI is InChI=1S/C12H22N2O/c1-9-3-4-14(7-9)11(15)12(8-13)5-10(2)6-12/h9-10H,3-8,13H2,1-2H3. The highest BCUT2D eigenvalue weighted by molar-refractivity contribution is 5.84. The van der Waals surface area contributed by atoms with Crippen LogP contribution in [0.2, 0.25) is 0 Å². The Kier molecular flexibility index (Phi) is 2.75. The van der Waals surface area contributed by atoms with Gasteiger partial charge in [-0.25, -0.2) is 0 Å². The largest absolute Gasteiger partial charge is 0.342 e. The Morgan fingerprint density at radius 2 is 2.07 bits per heavy atom. The molecule has 3 nitrogen and oxygen atoms in total. The van der Waals surface area contributed by atoms with Gasteiger partial charge in [-0.1, -0.05) is 13.8 Å². The molecule has 3 heteroatoms. The second kappa shape index (κ2) is 3.78. The van der Waals surface area contributed by atoms with Crippen LogP contribution in [0.25, 0.3) is 0 Å². The zero-order valence-corrected chi connectivity index (χ0v) is 9.83. The van der Waals surface area contributed by atoms with Gasteiger partial charge in [0, 0.05) is 19.6 Å². The highest BCUT2D eigenvalue weighted by Crippen LogP contribution is 2.46. The lowest BCUT2D eigenvalue weighted by molar-refractivity contribution is -0.148. The van der Waals surface area contributed by atoms with Crippen molar-refractivity contribution in [2.75, 3.05) is 19.6 Å². The van der Waals surface area contributed by atoms with Crippen molar-refractivity contribution < 1.29 is 4.79 Å². The smallest absolute Gasteiger partial charge is 0.230 e. The summed E-state index contributed by atoms with van der Waals surface area (Å²) in [5, 5.41) is 0. The molecular weight excluding hydrogens is 188 g/mol. The molecule has 0 bridgehead atoms. The van der Waals surface area contributed by atoms with E-state index in [2.05, 4.69) is 13.8 Å². The molecule has 1 heterocycles. The van der Waals surface area contributed by atoms with Crippen molar-refractivity contribution in [3.8, 4) is 0 Å². The minimum Gasteiger partial charge on any atom is -0.342 e. The number of carbonyl (C=O) groups is 1. The molecule has 0 aromatic heterocycles. The van der Waals surface area contributed by atoms with Crippen molar-refractivity contribution in [1.29, 1.82) is 0 Å². The van der Waals surface area contributed by atoms with Crippen molar-refractivity contribution in [3.05, 3.63) is 0 Å². The molecule has 0 aromatic carbocycles. The number of nitrogens with two attached hydrogens (primary N) is 1. The summed E-state index contributed by atoms with van der Waals surface area (Å²) in [6, 6.07) is 0. The number of hydrogen-bond donors (Lipinski definition) is 1. The van der Waals surface area contributed by atoms with Gasteiger partial charge in [0.25, 0.3) is 0 Å². The summed E-state index contributed by atoms with van der Waals surface area (Å²) in [5.74, 6) is 1.67. The van der Waals surface area contributed by atoms with Crippen LogP contribution < -0.4 is 5.73 Å². The SMILES string of the molecule is CC1CCN(C(=O)C2(CN)CC(C)C2)C1. The molecule has 1 saturated carbocycles. The van der Waals surface area contributed by atoms with Gasteiger partial charge in [0.05, 0.1) is 5.41 Å². The molecule has 1 aliphatic heterocycles. The predicted octanol–water partition coefficient (Wildman–Crippen LogP) is 1.23.